The maximum absolute atomic E-state index is 13.9. The van der Waals surface area contributed by atoms with Crippen LogP contribution in [0.15, 0.2) is 82.2 Å². The predicted molar refractivity (Wildman–Crippen MR) is 155 cm³/mol. The van der Waals surface area contributed by atoms with Crippen LogP contribution >= 0.6 is 27.5 Å². The third-order valence-electron chi connectivity index (χ3n) is 5.98. The first kappa shape index (κ1) is 29.7. The molecule has 3 aromatic rings. The topological polar surface area (TPSA) is 86.8 Å². The van der Waals surface area contributed by atoms with Gasteiger partial charge in [0.25, 0.3) is 10.0 Å². The van der Waals surface area contributed by atoms with E-state index in [-0.39, 0.29) is 29.1 Å². The van der Waals surface area contributed by atoms with Crippen molar-refractivity contribution < 1.29 is 18.0 Å². The highest BCUT2D eigenvalue weighted by atomic mass is 79.9. The standard InChI is InChI=1S/C28H31BrClN3O4S/c1-19(2)31-28(35)21(4)32(17-22-13-15-23(29)16-14-22)27(34)18-33(26-12-8-11-25(30)20(26)3)38(36,37)24-9-6-5-7-10-24/h5-16,19,21H,17-18H2,1-4H3,(H,31,35)/t21-/m0/s1. The van der Waals surface area contributed by atoms with E-state index in [1.54, 1.807) is 50.2 Å². The van der Waals surface area contributed by atoms with E-state index in [0.29, 0.717) is 10.6 Å². The lowest BCUT2D eigenvalue weighted by molar-refractivity contribution is -0.139. The predicted octanol–water partition coefficient (Wildman–Crippen LogP) is 5.55. The van der Waals surface area contributed by atoms with Crippen LogP contribution in [0, 0.1) is 6.92 Å². The number of halogens is 2. The summed E-state index contributed by atoms with van der Waals surface area (Å²) in [4.78, 5) is 28.3. The number of benzene rings is 3. The number of carbonyl (C=O) groups excluding carboxylic acids is 2. The van der Waals surface area contributed by atoms with Crippen molar-refractivity contribution in [3.05, 3.63) is 93.4 Å². The van der Waals surface area contributed by atoms with Crippen molar-refractivity contribution >= 4 is 55.1 Å². The highest BCUT2D eigenvalue weighted by Crippen LogP contribution is 2.31. The molecule has 0 bridgehead atoms. The van der Waals surface area contributed by atoms with Gasteiger partial charge in [0.1, 0.15) is 12.6 Å². The van der Waals surface area contributed by atoms with Gasteiger partial charge in [0, 0.05) is 22.1 Å². The van der Waals surface area contributed by atoms with Crippen molar-refractivity contribution in [2.45, 2.75) is 51.2 Å². The van der Waals surface area contributed by atoms with E-state index >= 15 is 0 Å². The first-order valence-corrected chi connectivity index (χ1v) is 14.7. The number of carbonyl (C=O) groups is 2. The van der Waals surface area contributed by atoms with E-state index in [1.807, 2.05) is 38.1 Å². The molecule has 0 aliphatic carbocycles. The average Bonchev–Trinajstić information content (AvgIpc) is 2.88. The van der Waals surface area contributed by atoms with Crippen LogP contribution in [0.25, 0.3) is 0 Å². The van der Waals surface area contributed by atoms with E-state index < -0.39 is 28.5 Å². The maximum atomic E-state index is 13.9. The fraction of sp³-hybridized carbons (Fsp3) is 0.286. The van der Waals surface area contributed by atoms with Crippen molar-refractivity contribution in [3.63, 3.8) is 0 Å². The summed E-state index contributed by atoms with van der Waals surface area (Å²) in [6.07, 6.45) is 0. The number of amides is 2. The van der Waals surface area contributed by atoms with Gasteiger partial charge in [-0.3, -0.25) is 13.9 Å². The Morgan fingerprint density at radius 3 is 2.18 bits per heavy atom. The van der Waals surface area contributed by atoms with E-state index in [1.165, 1.54) is 17.0 Å². The largest absolute Gasteiger partial charge is 0.352 e. The fourth-order valence-electron chi connectivity index (χ4n) is 3.87. The summed E-state index contributed by atoms with van der Waals surface area (Å²) in [5, 5.41) is 3.22. The second kappa shape index (κ2) is 12.8. The van der Waals surface area contributed by atoms with E-state index in [2.05, 4.69) is 21.2 Å². The van der Waals surface area contributed by atoms with Crippen LogP contribution in [0.3, 0.4) is 0 Å². The summed E-state index contributed by atoms with van der Waals surface area (Å²) in [6, 6.07) is 19.2. The zero-order chi connectivity index (χ0) is 28.0. The summed E-state index contributed by atoms with van der Waals surface area (Å²) < 4.78 is 29.6. The Morgan fingerprint density at radius 2 is 1.58 bits per heavy atom. The zero-order valence-electron chi connectivity index (χ0n) is 21.7. The number of hydrogen-bond acceptors (Lipinski definition) is 4. The van der Waals surface area contributed by atoms with Crippen LogP contribution < -0.4 is 9.62 Å². The monoisotopic (exact) mass is 619 g/mol. The molecule has 0 aliphatic rings. The van der Waals surface area contributed by atoms with Gasteiger partial charge in [-0.15, -0.1) is 0 Å². The van der Waals surface area contributed by atoms with E-state index in [0.717, 1.165) is 14.3 Å². The molecule has 0 spiro atoms. The van der Waals surface area contributed by atoms with Crippen LogP contribution in [0.4, 0.5) is 5.69 Å². The van der Waals surface area contributed by atoms with Crippen LogP contribution in [0.1, 0.15) is 31.9 Å². The summed E-state index contributed by atoms with van der Waals surface area (Å²) >= 11 is 9.75. The van der Waals surface area contributed by atoms with Gasteiger partial charge in [-0.05, 0) is 75.2 Å². The Labute approximate surface area is 238 Å². The van der Waals surface area contributed by atoms with Gasteiger partial charge in [-0.1, -0.05) is 63.9 Å². The van der Waals surface area contributed by atoms with Crippen LogP contribution in [0.2, 0.25) is 5.02 Å². The molecular weight excluding hydrogens is 590 g/mol. The molecule has 202 valence electrons. The van der Waals surface area contributed by atoms with Gasteiger partial charge in [-0.2, -0.15) is 0 Å². The average molecular weight is 621 g/mol. The minimum atomic E-state index is -4.14. The van der Waals surface area contributed by atoms with Crippen LogP contribution in [-0.4, -0.2) is 43.8 Å². The Balaban J connectivity index is 2.06. The molecule has 2 amide bonds. The molecule has 3 aromatic carbocycles. The smallest absolute Gasteiger partial charge is 0.264 e. The Hall–Kier alpha value is -2.88. The Kier molecular flexibility index (Phi) is 9.98. The van der Waals surface area contributed by atoms with Gasteiger partial charge < -0.3 is 10.2 Å². The number of nitrogens with one attached hydrogen (secondary N) is 1. The first-order valence-electron chi connectivity index (χ1n) is 12.1. The molecule has 38 heavy (non-hydrogen) atoms. The molecule has 0 saturated carbocycles. The summed E-state index contributed by atoms with van der Waals surface area (Å²) in [6.45, 7) is 6.60. The van der Waals surface area contributed by atoms with Crippen molar-refractivity contribution in [1.82, 2.24) is 10.2 Å². The molecular formula is C28H31BrClN3O4S. The highest BCUT2D eigenvalue weighted by Gasteiger charge is 2.33. The number of anilines is 1. The molecule has 7 nitrogen and oxygen atoms in total. The molecule has 0 radical (unpaired) electrons. The normalized spacial score (nSPS) is 12.2. The van der Waals surface area contributed by atoms with Gasteiger partial charge in [-0.25, -0.2) is 8.42 Å². The second-order valence-corrected chi connectivity index (χ2v) is 12.4. The van der Waals surface area contributed by atoms with E-state index in [9.17, 15) is 18.0 Å². The number of hydrogen-bond donors (Lipinski definition) is 1. The SMILES string of the molecule is Cc1c(Cl)cccc1N(CC(=O)N(Cc1ccc(Br)cc1)[C@@H](C)C(=O)NC(C)C)S(=O)(=O)c1ccccc1. The summed E-state index contributed by atoms with van der Waals surface area (Å²) in [5.74, 6) is -0.861. The molecule has 1 N–H and O–H groups in total. The zero-order valence-corrected chi connectivity index (χ0v) is 24.8. The Morgan fingerprint density at radius 1 is 0.947 bits per heavy atom. The van der Waals surface area contributed by atoms with Gasteiger partial charge in [0.15, 0.2) is 0 Å². The molecule has 1 atom stereocenters. The lowest BCUT2D eigenvalue weighted by Gasteiger charge is -2.32. The second-order valence-electron chi connectivity index (χ2n) is 9.20. The van der Waals surface area contributed by atoms with Gasteiger partial charge in [0.05, 0.1) is 10.6 Å². The molecule has 0 fully saturated rings. The van der Waals surface area contributed by atoms with Gasteiger partial charge in [0.2, 0.25) is 11.8 Å². The van der Waals surface area contributed by atoms with Gasteiger partial charge >= 0.3 is 0 Å². The Bertz CT molecular complexity index is 1380. The lowest BCUT2D eigenvalue weighted by Crippen LogP contribution is -2.52. The summed E-state index contributed by atoms with van der Waals surface area (Å²) in [7, 11) is -4.14. The van der Waals surface area contributed by atoms with Crippen molar-refractivity contribution in [2.75, 3.05) is 10.8 Å². The third kappa shape index (κ3) is 7.15. The first-order chi connectivity index (χ1) is 17.9. The van der Waals surface area contributed by atoms with Crippen molar-refractivity contribution in [3.8, 4) is 0 Å². The number of sulfonamides is 1. The molecule has 0 saturated heterocycles. The molecule has 0 aromatic heterocycles. The number of nitrogens with zero attached hydrogens (tertiary/aromatic N) is 2. The van der Waals surface area contributed by atoms with Crippen LogP contribution in [0.5, 0.6) is 0 Å². The molecule has 10 heteroatoms. The highest BCUT2D eigenvalue weighted by molar-refractivity contribution is 9.10. The van der Waals surface area contributed by atoms with E-state index in [4.69, 9.17) is 11.6 Å². The quantitative estimate of drug-likeness (QED) is 0.322. The summed E-state index contributed by atoms with van der Waals surface area (Å²) in [5.41, 5.74) is 1.60. The molecule has 0 aliphatic heterocycles. The third-order valence-corrected chi connectivity index (χ3v) is 8.69. The molecule has 3 rings (SSSR count). The maximum Gasteiger partial charge on any atom is 0.264 e. The minimum absolute atomic E-state index is 0.0391. The van der Waals surface area contributed by atoms with Crippen molar-refractivity contribution in [2.24, 2.45) is 0 Å². The number of rotatable bonds is 10. The van der Waals surface area contributed by atoms with Crippen molar-refractivity contribution in [1.29, 1.82) is 0 Å². The fourth-order valence-corrected chi connectivity index (χ4v) is 5.80. The molecule has 0 unspecified atom stereocenters. The van der Waals surface area contributed by atoms with Crippen LogP contribution in [-0.2, 0) is 26.2 Å². The minimum Gasteiger partial charge on any atom is -0.352 e. The lowest BCUT2D eigenvalue weighted by atomic mass is 10.1. The molecule has 0 heterocycles.